The summed E-state index contributed by atoms with van der Waals surface area (Å²) in [6, 6.07) is 12.4. The molecule has 2 aliphatic heterocycles. The van der Waals surface area contributed by atoms with Gasteiger partial charge in [0.25, 0.3) is 0 Å². The number of carbonyl (C=O) groups excluding carboxylic acids is 1. The summed E-state index contributed by atoms with van der Waals surface area (Å²) in [7, 11) is 1.66. The first kappa shape index (κ1) is 22.4. The lowest BCUT2D eigenvalue weighted by Crippen LogP contribution is -2.39. The average Bonchev–Trinajstić information content (AvgIpc) is 3.35. The third-order valence-corrected chi connectivity index (χ3v) is 6.09. The summed E-state index contributed by atoms with van der Waals surface area (Å²) >= 11 is 0. The number of methoxy groups -OCH3 is 1. The summed E-state index contributed by atoms with van der Waals surface area (Å²) in [5.74, 6) is 0.459. The molecule has 0 spiro atoms. The number of nitrogens with one attached hydrogen (secondary N) is 2. The number of likely N-dealkylation sites (tertiary alicyclic amines) is 1. The highest BCUT2D eigenvalue weighted by Crippen LogP contribution is 2.31. The molecule has 1 unspecified atom stereocenters. The van der Waals surface area contributed by atoms with Crippen LogP contribution in [0.5, 0.6) is 5.75 Å². The van der Waals surface area contributed by atoms with Crippen LogP contribution in [-0.4, -0.2) is 64.0 Å². The van der Waals surface area contributed by atoms with Crippen LogP contribution in [0.1, 0.15) is 24.4 Å². The van der Waals surface area contributed by atoms with Gasteiger partial charge >= 0.3 is 6.03 Å². The molecule has 2 saturated heterocycles. The van der Waals surface area contributed by atoms with Gasteiger partial charge in [-0.1, -0.05) is 18.2 Å². The summed E-state index contributed by atoms with van der Waals surface area (Å²) < 4.78 is 25.5. The molecule has 0 saturated carbocycles. The zero-order valence-electron chi connectivity index (χ0n) is 18.5. The number of hydrogen-bond acceptors (Lipinski definition) is 5. The third-order valence-electron chi connectivity index (χ3n) is 6.09. The van der Waals surface area contributed by atoms with Crippen LogP contribution in [0.25, 0.3) is 0 Å². The molecule has 1 atom stereocenters. The second-order valence-corrected chi connectivity index (χ2v) is 8.10. The first-order chi connectivity index (χ1) is 15.7. The van der Waals surface area contributed by atoms with E-state index < -0.39 is 0 Å². The van der Waals surface area contributed by atoms with Crippen molar-refractivity contribution in [1.82, 2.24) is 10.2 Å². The topological polar surface area (TPSA) is 66.1 Å². The Kier molecular flexibility index (Phi) is 7.44. The van der Waals surface area contributed by atoms with Gasteiger partial charge in [0.05, 0.1) is 32.1 Å². The Bertz CT molecular complexity index is 914. The first-order valence-corrected chi connectivity index (χ1v) is 11.2. The van der Waals surface area contributed by atoms with Crippen LogP contribution in [-0.2, 0) is 4.74 Å². The van der Waals surface area contributed by atoms with Gasteiger partial charge in [-0.25, -0.2) is 9.18 Å². The quantitative estimate of drug-likeness (QED) is 0.686. The number of nitrogens with zero attached hydrogens (tertiary/aromatic N) is 2. The van der Waals surface area contributed by atoms with Gasteiger partial charge in [0, 0.05) is 30.9 Å². The van der Waals surface area contributed by atoms with Gasteiger partial charge in [-0.05, 0) is 50.2 Å². The van der Waals surface area contributed by atoms with E-state index in [1.54, 1.807) is 19.2 Å². The van der Waals surface area contributed by atoms with Crippen LogP contribution in [0.3, 0.4) is 0 Å². The number of anilines is 2. The van der Waals surface area contributed by atoms with Crippen molar-refractivity contribution in [3.8, 4) is 5.75 Å². The zero-order valence-corrected chi connectivity index (χ0v) is 18.5. The van der Waals surface area contributed by atoms with Crippen LogP contribution in [0.2, 0.25) is 0 Å². The molecule has 172 valence electrons. The van der Waals surface area contributed by atoms with Crippen molar-refractivity contribution in [2.45, 2.75) is 18.9 Å². The Labute approximate surface area is 188 Å². The first-order valence-electron chi connectivity index (χ1n) is 11.2. The van der Waals surface area contributed by atoms with E-state index >= 15 is 0 Å². The fourth-order valence-electron chi connectivity index (χ4n) is 4.44. The minimum atomic E-state index is -0.359. The van der Waals surface area contributed by atoms with Crippen molar-refractivity contribution >= 4 is 17.4 Å². The average molecular weight is 443 g/mol. The maximum Gasteiger partial charge on any atom is 0.319 e. The van der Waals surface area contributed by atoms with Gasteiger partial charge in [-0.2, -0.15) is 0 Å². The Hall–Kier alpha value is -2.84. The van der Waals surface area contributed by atoms with E-state index in [0.717, 1.165) is 37.2 Å². The summed E-state index contributed by atoms with van der Waals surface area (Å²) in [6.45, 7) is 4.90. The highest BCUT2D eigenvalue weighted by atomic mass is 19.1. The van der Waals surface area contributed by atoms with Gasteiger partial charge in [0.15, 0.2) is 0 Å². The number of rotatable bonds is 7. The minimum absolute atomic E-state index is 0.0137. The normalized spacial score (nSPS) is 17.8. The molecule has 2 N–H and O–H groups in total. The van der Waals surface area contributed by atoms with E-state index in [-0.39, 0.29) is 17.9 Å². The van der Waals surface area contributed by atoms with Gasteiger partial charge in [0.1, 0.15) is 11.6 Å². The molecule has 2 aromatic carbocycles. The Morgan fingerprint density at radius 1 is 1.12 bits per heavy atom. The molecule has 7 nitrogen and oxygen atoms in total. The second-order valence-electron chi connectivity index (χ2n) is 8.10. The van der Waals surface area contributed by atoms with Crippen molar-refractivity contribution in [3.05, 3.63) is 53.8 Å². The number of carbonyl (C=O) groups is 1. The number of para-hydroxylation sites is 1. The highest BCUT2D eigenvalue weighted by molar-refractivity contribution is 5.89. The third kappa shape index (κ3) is 5.31. The number of amides is 2. The fraction of sp³-hybridized carbons (Fsp3) is 0.458. The van der Waals surface area contributed by atoms with Gasteiger partial charge < -0.3 is 25.0 Å². The lowest BCUT2D eigenvalue weighted by Gasteiger charge is -2.29. The van der Waals surface area contributed by atoms with E-state index in [1.807, 2.05) is 29.2 Å². The molecular formula is C24H31FN4O3. The molecule has 2 aliphatic rings. The molecule has 0 radical (unpaired) electrons. The molecule has 4 rings (SSSR count). The van der Waals surface area contributed by atoms with Crippen LogP contribution in [0, 0.1) is 5.82 Å². The summed E-state index contributed by atoms with van der Waals surface area (Å²) in [5, 5.41) is 5.71. The van der Waals surface area contributed by atoms with Crippen LogP contribution in [0.15, 0.2) is 42.5 Å². The Morgan fingerprint density at radius 3 is 2.59 bits per heavy atom. The Balaban J connectivity index is 1.39. The molecule has 0 aromatic heterocycles. The molecule has 2 aromatic rings. The van der Waals surface area contributed by atoms with Crippen LogP contribution >= 0.6 is 0 Å². The standard InChI is InChI=1S/C24H31FN4O3/c1-31-23-7-3-2-6-19(23)22(28-10-4-5-11-28)17-26-24(30)27-18-8-9-21(20(25)16-18)29-12-14-32-15-13-29/h2-3,6-9,16,22H,4-5,10-15,17H2,1H3,(H2,26,27,30). The van der Waals surface area contributed by atoms with E-state index in [9.17, 15) is 9.18 Å². The SMILES string of the molecule is COc1ccccc1C(CNC(=O)Nc1ccc(N2CCOCC2)c(F)c1)N1CCCC1. The smallest absolute Gasteiger partial charge is 0.319 e. The lowest BCUT2D eigenvalue weighted by molar-refractivity contribution is 0.122. The van der Waals surface area contributed by atoms with E-state index in [1.165, 1.54) is 6.07 Å². The van der Waals surface area contributed by atoms with Crippen LogP contribution < -0.4 is 20.3 Å². The summed E-state index contributed by atoms with van der Waals surface area (Å²) in [4.78, 5) is 16.9. The van der Waals surface area contributed by atoms with Gasteiger partial charge in [0.2, 0.25) is 0 Å². The fourth-order valence-corrected chi connectivity index (χ4v) is 4.44. The van der Waals surface area contributed by atoms with Gasteiger partial charge in [-0.15, -0.1) is 0 Å². The monoisotopic (exact) mass is 442 g/mol. The van der Waals surface area contributed by atoms with Crippen LogP contribution in [0.4, 0.5) is 20.6 Å². The molecule has 2 fully saturated rings. The van der Waals surface area contributed by atoms with E-state index in [0.29, 0.717) is 44.2 Å². The summed E-state index contributed by atoms with van der Waals surface area (Å²) in [6.07, 6.45) is 2.29. The number of urea groups is 1. The summed E-state index contributed by atoms with van der Waals surface area (Å²) in [5.41, 5.74) is 2.01. The highest BCUT2D eigenvalue weighted by Gasteiger charge is 2.26. The number of hydrogen-bond donors (Lipinski definition) is 2. The molecule has 8 heteroatoms. The van der Waals surface area contributed by atoms with Crippen molar-refractivity contribution in [3.63, 3.8) is 0 Å². The number of benzene rings is 2. The molecule has 0 aliphatic carbocycles. The molecule has 0 bridgehead atoms. The van der Waals surface area contributed by atoms with Gasteiger partial charge in [-0.3, -0.25) is 4.90 Å². The predicted molar refractivity (Wildman–Crippen MR) is 123 cm³/mol. The molecular weight excluding hydrogens is 411 g/mol. The van der Waals surface area contributed by atoms with E-state index in [4.69, 9.17) is 9.47 Å². The lowest BCUT2D eigenvalue weighted by atomic mass is 10.0. The Morgan fingerprint density at radius 2 is 1.88 bits per heavy atom. The predicted octanol–water partition coefficient (Wildman–Crippen LogP) is 3.63. The number of halogens is 1. The minimum Gasteiger partial charge on any atom is -0.496 e. The molecule has 2 amide bonds. The van der Waals surface area contributed by atoms with Crippen molar-refractivity contribution < 1.29 is 18.7 Å². The van der Waals surface area contributed by atoms with Crippen molar-refractivity contribution in [1.29, 1.82) is 0 Å². The van der Waals surface area contributed by atoms with E-state index in [2.05, 4.69) is 15.5 Å². The number of morpholine rings is 1. The van der Waals surface area contributed by atoms with Crippen molar-refractivity contribution in [2.75, 3.05) is 63.3 Å². The largest absolute Gasteiger partial charge is 0.496 e. The van der Waals surface area contributed by atoms with Crippen molar-refractivity contribution in [2.24, 2.45) is 0 Å². The number of ether oxygens (including phenoxy) is 2. The zero-order chi connectivity index (χ0) is 22.3. The molecule has 32 heavy (non-hydrogen) atoms. The second kappa shape index (κ2) is 10.7. The maximum absolute atomic E-state index is 14.6. The molecule has 2 heterocycles. The maximum atomic E-state index is 14.6.